The van der Waals surface area contributed by atoms with Gasteiger partial charge in [-0.2, -0.15) is 16.8 Å². The van der Waals surface area contributed by atoms with Gasteiger partial charge in [-0.05, 0) is 61.2 Å². The average molecular weight is 591 g/mol. The highest BCUT2D eigenvalue weighted by Crippen LogP contribution is 2.19. The summed E-state index contributed by atoms with van der Waals surface area (Å²) in [7, 11) is -8.04. The maximum absolute atomic E-state index is 11.7. The zero-order chi connectivity index (χ0) is 30.1. The molecule has 0 radical (unpaired) electrons. The molecule has 0 amide bonds. The van der Waals surface area contributed by atoms with Gasteiger partial charge >= 0.3 is 5.97 Å². The predicted octanol–water partition coefficient (Wildman–Crippen LogP) is 4.40. The third-order valence-corrected chi connectivity index (χ3v) is 7.37. The van der Waals surface area contributed by atoms with Gasteiger partial charge in [-0.1, -0.05) is 73.5 Å². The molecule has 1 aliphatic rings. The highest BCUT2D eigenvalue weighted by Gasteiger charge is 2.22. The van der Waals surface area contributed by atoms with Crippen LogP contribution in [0.25, 0.3) is 6.08 Å². The lowest BCUT2D eigenvalue weighted by atomic mass is 10.1. The lowest BCUT2D eigenvalue weighted by molar-refractivity contribution is -0.183. The number of hydrogen-bond acceptors (Lipinski definition) is 8. The Morgan fingerprint density at radius 2 is 1.27 bits per heavy atom. The molecule has 3 aromatic carbocycles. The van der Waals surface area contributed by atoms with Crippen LogP contribution < -0.4 is 5.73 Å². The zero-order valence-corrected chi connectivity index (χ0v) is 24.3. The summed E-state index contributed by atoms with van der Waals surface area (Å²) in [5, 5.41) is 1.52. The maximum Gasteiger partial charge on any atom is 0.349 e. The molecule has 3 aromatic rings. The average Bonchev–Trinajstić information content (AvgIpc) is 2.88. The maximum atomic E-state index is 11.7. The van der Waals surface area contributed by atoms with Crippen molar-refractivity contribution in [1.29, 1.82) is 0 Å². The molecule has 0 bridgehead atoms. The molecular weight excluding hydrogens is 556 g/mol. The number of hydrogen-bond donors (Lipinski definition) is 3. The number of benzene rings is 3. The highest BCUT2D eigenvalue weighted by atomic mass is 32.2. The molecule has 216 valence electrons. The zero-order valence-electron chi connectivity index (χ0n) is 22.6. The van der Waals surface area contributed by atoms with E-state index in [-0.39, 0.29) is 15.7 Å². The number of hydroxylamine groups is 2. The van der Waals surface area contributed by atoms with Crippen molar-refractivity contribution in [2.75, 3.05) is 0 Å². The molecule has 1 atom stereocenters. The van der Waals surface area contributed by atoms with Crippen LogP contribution in [0.3, 0.4) is 0 Å². The Bertz CT molecular complexity index is 1440. The van der Waals surface area contributed by atoms with E-state index >= 15 is 0 Å². The number of nitrogens with zero attached hydrogens (tertiary/aromatic N) is 1. The van der Waals surface area contributed by atoms with Crippen molar-refractivity contribution in [3.63, 3.8) is 0 Å². The van der Waals surface area contributed by atoms with Crippen molar-refractivity contribution in [2.45, 2.75) is 50.1 Å². The molecule has 0 saturated carbocycles. The highest BCUT2D eigenvalue weighted by molar-refractivity contribution is 7.86. The van der Waals surface area contributed by atoms with E-state index in [9.17, 15) is 21.6 Å². The van der Waals surface area contributed by atoms with Gasteiger partial charge in [0.1, 0.15) is 6.04 Å². The van der Waals surface area contributed by atoms with E-state index in [0.717, 1.165) is 22.3 Å². The summed E-state index contributed by atoms with van der Waals surface area (Å²) in [4.78, 5) is 16.9. The molecule has 1 heterocycles. The fourth-order valence-corrected chi connectivity index (χ4v) is 4.12. The van der Waals surface area contributed by atoms with Gasteiger partial charge in [-0.25, -0.2) is 9.86 Å². The van der Waals surface area contributed by atoms with Crippen molar-refractivity contribution >= 4 is 32.3 Å². The summed E-state index contributed by atoms with van der Waals surface area (Å²) in [6.07, 6.45) is 3.68. The lowest BCUT2D eigenvalue weighted by Crippen LogP contribution is -2.40. The Hall–Kier alpha value is -3.55. The van der Waals surface area contributed by atoms with Gasteiger partial charge in [0.05, 0.1) is 16.3 Å². The molecule has 0 unspecified atom stereocenters. The van der Waals surface area contributed by atoms with Crippen LogP contribution in [0.15, 0.2) is 88.8 Å². The van der Waals surface area contributed by atoms with Crippen LogP contribution in [0.1, 0.15) is 36.1 Å². The summed E-state index contributed by atoms with van der Waals surface area (Å²) in [6.45, 7) is 8.03. The van der Waals surface area contributed by atoms with E-state index in [1.54, 1.807) is 30.5 Å². The van der Waals surface area contributed by atoms with Gasteiger partial charge < -0.3 is 10.6 Å². The summed E-state index contributed by atoms with van der Waals surface area (Å²) in [6, 6.07) is 19.4. The van der Waals surface area contributed by atoms with Crippen LogP contribution in [-0.2, 0) is 36.4 Å². The van der Waals surface area contributed by atoms with E-state index in [0.29, 0.717) is 6.54 Å². The van der Waals surface area contributed by atoms with E-state index < -0.39 is 32.2 Å². The van der Waals surface area contributed by atoms with Crippen LogP contribution in [-0.4, -0.2) is 43.0 Å². The minimum atomic E-state index is -4.02. The summed E-state index contributed by atoms with van der Waals surface area (Å²) >= 11 is 0. The SMILES string of the molecule is CC(C)[C@H](N)C(=O)ON1C=Cc2ccccc2C1.Cc1ccc(S(=O)(=O)O)cc1.Cc1ccc(S(=O)(=O)O)cc1. The third-order valence-electron chi connectivity index (χ3n) is 5.64. The largest absolute Gasteiger partial charge is 0.349 e. The molecule has 4 N–H and O–H groups in total. The van der Waals surface area contributed by atoms with Gasteiger partial charge in [-0.3, -0.25) is 9.11 Å². The summed E-state index contributed by atoms with van der Waals surface area (Å²) < 4.78 is 59.1. The van der Waals surface area contributed by atoms with Gasteiger partial charge in [0.25, 0.3) is 20.2 Å². The van der Waals surface area contributed by atoms with Crippen LogP contribution in [0.2, 0.25) is 0 Å². The smallest absolute Gasteiger partial charge is 0.339 e. The summed E-state index contributed by atoms with van der Waals surface area (Å²) in [5.41, 5.74) is 9.94. The first-order valence-corrected chi connectivity index (χ1v) is 15.0. The number of carbonyl (C=O) groups is 1. The Morgan fingerprint density at radius 3 is 1.70 bits per heavy atom. The predicted molar refractivity (Wildman–Crippen MR) is 152 cm³/mol. The fraction of sp³-hybridized carbons (Fsp3) is 0.250. The normalized spacial score (nSPS) is 13.2. The molecule has 40 heavy (non-hydrogen) atoms. The Labute approximate surface area is 235 Å². The second kappa shape index (κ2) is 14.2. The molecular formula is C28H34N2O8S2. The van der Waals surface area contributed by atoms with Crippen LogP contribution in [0.5, 0.6) is 0 Å². The minimum absolute atomic E-state index is 0.0666. The first-order valence-electron chi connectivity index (χ1n) is 12.2. The molecule has 1 aliphatic heterocycles. The van der Waals surface area contributed by atoms with Gasteiger partial charge in [-0.15, -0.1) is 0 Å². The minimum Gasteiger partial charge on any atom is -0.339 e. The second-order valence-corrected chi connectivity index (χ2v) is 12.2. The lowest BCUT2D eigenvalue weighted by Gasteiger charge is -2.25. The number of rotatable bonds is 5. The van der Waals surface area contributed by atoms with Gasteiger partial charge in [0.2, 0.25) is 0 Å². The van der Waals surface area contributed by atoms with Crippen molar-refractivity contribution in [1.82, 2.24) is 5.06 Å². The molecule has 0 spiro atoms. The summed E-state index contributed by atoms with van der Waals surface area (Å²) in [5.74, 6) is -0.326. The molecule has 4 rings (SSSR count). The number of nitrogens with two attached hydrogens (primary N) is 1. The van der Waals surface area contributed by atoms with Crippen molar-refractivity contribution < 1.29 is 35.6 Å². The van der Waals surface area contributed by atoms with E-state index in [4.69, 9.17) is 19.7 Å². The molecule has 0 aromatic heterocycles. The Morgan fingerprint density at radius 1 is 0.825 bits per heavy atom. The van der Waals surface area contributed by atoms with Crippen molar-refractivity contribution in [3.8, 4) is 0 Å². The number of fused-ring (bicyclic) bond motifs is 1. The topological polar surface area (TPSA) is 164 Å². The van der Waals surface area contributed by atoms with E-state index in [1.807, 2.05) is 58.0 Å². The van der Waals surface area contributed by atoms with Crippen molar-refractivity contribution in [3.05, 3.63) is 101 Å². The number of carbonyl (C=O) groups excluding carboxylic acids is 1. The number of aryl methyl sites for hydroxylation is 2. The quantitative estimate of drug-likeness (QED) is 0.363. The van der Waals surface area contributed by atoms with Gasteiger partial charge in [0, 0.05) is 6.20 Å². The monoisotopic (exact) mass is 590 g/mol. The van der Waals surface area contributed by atoms with Crippen LogP contribution >= 0.6 is 0 Å². The van der Waals surface area contributed by atoms with Gasteiger partial charge in [0.15, 0.2) is 0 Å². The molecule has 0 saturated heterocycles. The molecule has 0 aliphatic carbocycles. The van der Waals surface area contributed by atoms with E-state index in [1.165, 1.54) is 29.3 Å². The first kappa shape index (κ1) is 32.7. The van der Waals surface area contributed by atoms with Crippen molar-refractivity contribution in [2.24, 2.45) is 11.7 Å². The standard InChI is InChI=1S/C14H18N2O2.2C7H8O3S/c1-10(2)13(15)14(17)18-16-8-7-11-5-3-4-6-12(11)9-16;2*1-6-2-4-7(5-3-6)11(8,9)10/h3-8,10,13H,9,15H2,1-2H3;2*2-5H,1H3,(H,8,9,10)/t13-;;/m0../s1. The second-order valence-electron chi connectivity index (χ2n) is 9.35. The fourth-order valence-electron chi connectivity index (χ4n) is 3.16. The first-order chi connectivity index (χ1) is 18.6. The Kier molecular flexibility index (Phi) is 11.6. The third kappa shape index (κ3) is 10.5. The van der Waals surface area contributed by atoms with E-state index in [2.05, 4.69) is 0 Å². The molecule has 0 fully saturated rings. The molecule has 12 heteroatoms. The molecule has 10 nitrogen and oxygen atoms in total. The van der Waals surface area contributed by atoms with Crippen LogP contribution in [0.4, 0.5) is 0 Å². The van der Waals surface area contributed by atoms with Crippen LogP contribution in [0, 0.1) is 19.8 Å². The Balaban J connectivity index is 0.000000222.